The summed E-state index contributed by atoms with van der Waals surface area (Å²) in [6.07, 6.45) is 10.5. The summed E-state index contributed by atoms with van der Waals surface area (Å²) in [5.41, 5.74) is 10.8. The van der Waals surface area contributed by atoms with Crippen LogP contribution < -0.4 is 15.5 Å². The van der Waals surface area contributed by atoms with Crippen molar-refractivity contribution in [3.8, 4) is 0 Å². The molecule has 0 fully saturated rings. The van der Waals surface area contributed by atoms with E-state index in [0.29, 0.717) is 12.2 Å². The Balaban J connectivity index is 1.37. The summed E-state index contributed by atoms with van der Waals surface area (Å²) in [7, 11) is 0. The molecular formula is C33H36N4O2. The van der Waals surface area contributed by atoms with Crippen LogP contribution in [0.5, 0.6) is 0 Å². The van der Waals surface area contributed by atoms with Crippen LogP contribution in [0.4, 0.5) is 17.1 Å². The van der Waals surface area contributed by atoms with Gasteiger partial charge in [0.05, 0.1) is 17.4 Å². The van der Waals surface area contributed by atoms with Gasteiger partial charge in [-0.2, -0.15) is 0 Å². The predicted octanol–water partition coefficient (Wildman–Crippen LogP) is 6.53. The maximum Gasteiger partial charge on any atom is 0.337 e. The number of pyridine rings is 1. The lowest BCUT2D eigenvalue weighted by atomic mass is 9.90. The van der Waals surface area contributed by atoms with E-state index in [-0.39, 0.29) is 11.6 Å². The Morgan fingerprint density at radius 2 is 2.05 bits per heavy atom. The summed E-state index contributed by atoms with van der Waals surface area (Å²) < 4.78 is 0. The molecule has 0 saturated heterocycles. The summed E-state index contributed by atoms with van der Waals surface area (Å²) in [5.74, 6) is -0.971. The number of aromatic nitrogens is 1. The predicted molar refractivity (Wildman–Crippen MR) is 160 cm³/mol. The van der Waals surface area contributed by atoms with Crippen LogP contribution in [0.25, 0.3) is 5.57 Å². The zero-order valence-electron chi connectivity index (χ0n) is 22.7. The molecule has 3 aromatic rings. The number of hydrogen-bond donors (Lipinski definition) is 3. The molecule has 6 nitrogen and oxygen atoms in total. The first-order valence-corrected chi connectivity index (χ1v) is 13.6. The number of benzene rings is 2. The fourth-order valence-electron chi connectivity index (χ4n) is 5.80. The Morgan fingerprint density at radius 1 is 1.21 bits per heavy atom. The molecule has 3 N–H and O–H groups in total. The highest BCUT2D eigenvalue weighted by Gasteiger charge is 2.22. The number of anilines is 3. The van der Waals surface area contributed by atoms with E-state index in [1.165, 1.54) is 51.5 Å². The number of aryl methyl sites for hydroxylation is 2. The van der Waals surface area contributed by atoms with E-state index in [0.717, 1.165) is 37.9 Å². The quantitative estimate of drug-likeness (QED) is 0.313. The van der Waals surface area contributed by atoms with E-state index in [4.69, 9.17) is 0 Å². The Hall–Kier alpha value is -4.16. The standard InChI is InChI=1S/C33H36N4O2/c1-4-27-25(13-16-35-31(27)21-36-30-20-34-15-14-29(30)33(38)39)18-22(2)28-12-11-26(19-23(28)3)37-17-7-9-24-8-5-6-10-32(24)37/h4-6,8,10-12,14-15,18-20,31,35-36H,1,7,9,13,16-17,21H2,2-3H3,(H,38,39)/b22-18+/t31-/m0/s1. The first kappa shape index (κ1) is 26.4. The van der Waals surface area contributed by atoms with Crippen LogP contribution in [0, 0.1) is 6.92 Å². The second kappa shape index (κ2) is 11.7. The lowest BCUT2D eigenvalue weighted by Crippen LogP contribution is -2.41. The number of hydrogen-bond acceptors (Lipinski definition) is 5. The number of carboxylic acid groups (broad SMARTS) is 1. The van der Waals surface area contributed by atoms with Crippen molar-refractivity contribution in [1.29, 1.82) is 0 Å². The van der Waals surface area contributed by atoms with Gasteiger partial charge >= 0.3 is 5.97 Å². The second-order valence-corrected chi connectivity index (χ2v) is 10.3. The Bertz CT molecular complexity index is 1460. The summed E-state index contributed by atoms with van der Waals surface area (Å²) in [6, 6.07) is 17.0. The third kappa shape index (κ3) is 5.66. The van der Waals surface area contributed by atoms with E-state index >= 15 is 0 Å². The van der Waals surface area contributed by atoms with Gasteiger partial charge in [-0.3, -0.25) is 4.98 Å². The number of fused-ring (bicyclic) bond motifs is 1. The SMILES string of the molecule is C=CC1=C(/C=C(\C)c2ccc(N3CCCc4ccccc43)cc2C)CCN[C@H]1CNc1cnccc1C(=O)O. The smallest absolute Gasteiger partial charge is 0.337 e. The molecule has 0 aliphatic carbocycles. The monoisotopic (exact) mass is 520 g/mol. The highest BCUT2D eigenvalue weighted by atomic mass is 16.4. The molecule has 0 bridgehead atoms. The minimum atomic E-state index is -0.971. The van der Waals surface area contributed by atoms with Gasteiger partial charge in [-0.1, -0.05) is 43.0 Å². The molecule has 2 aliphatic heterocycles. The molecule has 6 heteroatoms. The normalized spacial score (nSPS) is 17.5. The second-order valence-electron chi connectivity index (χ2n) is 10.3. The van der Waals surface area contributed by atoms with E-state index in [9.17, 15) is 9.90 Å². The molecular weight excluding hydrogens is 484 g/mol. The number of allylic oxidation sites excluding steroid dienone is 2. The number of nitrogens with one attached hydrogen (secondary N) is 2. The summed E-state index contributed by atoms with van der Waals surface area (Å²) in [4.78, 5) is 18.1. The van der Waals surface area contributed by atoms with Gasteiger partial charge in [0.15, 0.2) is 0 Å². The Morgan fingerprint density at radius 3 is 2.85 bits per heavy atom. The lowest BCUT2D eigenvalue weighted by Gasteiger charge is -2.32. The highest BCUT2D eigenvalue weighted by Crippen LogP contribution is 2.35. The van der Waals surface area contributed by atoms with Gasteiger partial charge in [-0.25, -0.2) is 4.79 Å². The van der Waals surface area contributed by atoms with Crippen molar-refractivity contribution >= 4 is 28.6 Å². The Kier molecular flexibility index (Phi) is 7.94. The maximum atomic E-state index is 11.6. The summed E-state index contributed by atoms with van der Waals surface area (Å²) in [5, 5.41) is 16.3. The molecule has 2 aromatic carbocycles. The van der Waals surface area contributed by atoms with Crippen LogP contribution in [0.3, 0.4) is 0 Å². The third-order valence-corrected chi connectivity index (χ3v) is 7.75. The van der Waals surface area contributed by atoms with Crippen LogP contribution in [-0.4, -0.2) is 41.7 Å². The average molecular weight is 521 g/mol. The van der Waals surface area contributed by atoms with Crippen LogP contribution >= 0.6 is 0 Å². The fraction of sp³-hybridized carbons (Fsp3) is 0.273. The molecule has 0 amide bonds. The van der Waals surface area contributed by atoms with Crippen molar-refractivity contribution in [2.24, 2.45) is 0 Å². The van der Waals surface area contributed by atoms with E-state index in [1.807, 2.05) is 6.08 Å². The van der Waals surface area contributed by atoms with Gasteiger partial charge < -0.3 is 20.6 Å². The van der Waals surface area contributed by atoms with Crippen molar-refractivity contribution in [3.63, 3.8) is 0 Å². The number of carbonyl (C=O) groups is 1. The first-order chi connectivity index (χ1) is 19.0. The van der Waals surface area contributed by atoms with Gasteiger partial charge in [-0.05, 0) is 97.3 Å². The minimum Gasteiger partial charge on any atom is -0.478 e. The van der Waals surface area contributed by atoms with E-state index in [1.54, 1.807) is 6.20 Å². The topological polar surface area (TPSA) is 77.5 Å². The molecule has 39 heavy (non-hydrogen) atoms. The summed E-state index contributed by atoms with van der Waals surface area (Å²) in [6.45, 7) is 10.9. The zero-order chi connectivity index (χ0) is 27.4. The summed E-state index contributed by atoms with van der Waals surface area (Å²) >= 11 is 0. The minimum absolute atomic E-state index is 0.0137. The third-order valence-electron chi connectivity index (χ3n) is 7.75. The average Bonchev–Trinajstić information content (AvgIpc) is 2.95. The molecule has 200 valence electrons. The lowest BCUT2D eigenvalue weighted by molar-refractivity contribution is 0.0697. The molecule has 0 spiro atoms. The van der Waals surface area contributed by atoms with Crippen LogP contribution in [-0.2, 0) is 6.42 Å². The van der Waals surface area contributed by atoms with Crippen molar-refractivity contribution in [1.82, 2.24) is 10.3 Å². The molecule has 5 rings (SSSR count). The largest absolute Gasteiger partial charge is 0.478 e. The molecule has 1 atom stereocenters. The van der Waals surface area contributed by atoms with Crippen LogP contribution in [0.1, 0.15) is 46.8 Å². The number of rotatable bonds is 8. The van der Waals surface area contributed by atoms with Gasteiger partial charge in [0.25, 0.3) is 0 Å². The zero-order valence-corrected chi connectivity index (χ0v) is 22.7. The van der Waals surface area contributed by atoms with Gasteiger partial charge in [0.2, 0.25) is 0 Å². The number of nitrogens with zero attached hydrogens (tertiary/aromatic N) is 2. The fourth-order valence-corrected chi connectivity index (χ4v) is 5.80. The first-order valence-electron chi connectivity index (χ1n) is 13.6. The number of para-hydroxylation sites is 1. The van der Waals surface area contributed by atoms with Gasteiger partial charge in [0, 0.05) is 36.7 Å². The number of aromatic carboxylic acids is 1. The molecule has 0 saturated carbocycles. The van der Waals surface area contributed by atoms with Crippen molar-refractivity contribution in [2.75, 3.05) is 29.9 Å². The molecule has 0 unspecified atom stereocenters. The van der Waals surface area contributed by atoms with Crippen molar-refractivity contribution < 1.29 is 9.90 Å². The maximum absolute atomic E-state index is 11.6. The molecule has 0 radical (unpaired) electrons. The van der Waals surface area contributed by atoms with Crippen molar-refractivity contribution in [3.05, 3.63) is 113 Å². The van der Waals surface area contributed by atoms with E-state index in [2.05, 4.69) is 89.5 Å². The van der Waals surface area contributed by atoms with Crippen LogP contribution in [0.2, 0.25) is 0 Å². The van der Waals surface area contributed by atoms with Crippen LogP contribution in [0.15, 0.2) is 90.8 Å². The molecule has 2 aliphatic rings. The van der Waals surface area contributed by atoms with E-state index < -0.39 is 5.97 Å². The molecule has 1 aromatic heterocycles. The number of carboxylic acids is 1. The highest BCUT2D eigenvalue weighted by molar-refractivity contribution is 5.93. The van der Waals surface area contributed by atoms with Crippen molar-refractivity contribution in [2.45, 2.75) is 39.2 Å². The Labute approximate surface area is 230 Å². The molecule has 3 heterocycles. The van der Waals surface area contributed by atoms with Gasteiger partial charge in [-0.15, -0.1) is 0 Å². The van der Waals surface area contributed by atoms with Gasteiger partial charge in [0.1, 0.15) is 0 Å².